The van der Waals surface area contributed by atoms with Crippen LogP contribution in [0.4, 0.5) is 0 Å². The van der Waals surface area contributed by atoms with Gasteiger partial charge in [0.2, 0.25) is 0 Å². The summed E-state index contributed by atoms with van der Waals surface area (Å²) in [7, 11) is 1.48. The van der Waals surface area contributed by atoms with Gasteiger partial charge in [0.15, 0.2) is 6.10 Å². The zero-order chi connectivity index (χ0) is 39.3. The smallest absolute Gasteiger partial charge is 0.462 e. The van der Waals surface area contributed by atoms with E-state index in [4.69, 9.17) is 18.5 Å². The maximum atomic E-state index is 12.7. The Hall–Kier alpha value is -1.25. The molecule has 0 aliphatic carbocycles. The molecule has 0 aliphatic rings. The summed E-state index contributed by atoms with van der Waals surface area (Å²) >= 11 is 0. The minimum Gasteiger partial charge on any atom is -0.462 e. The minimum absolute atomic E-state index is 0.0343. The van der Waals surface area contributed by atoms with Crippen LogP contribution in [0.1, 0.15) is 200 Å². The fourth-order valence-electron chi connectivity index (χ4n) is 6.07. The number of phosphoric acid groups is 1. The third-order valence-corrected chi connectivity index (χ3v) is 10.5. The highest BCUT2D eigenvalue weighted by molar-refractivity contribution is 7.47. The van der Waals surface area contributed by atoms with E-state index in [2.05, 4.69) is 26.0 Å². The van der Waals surface area contributed by atoms with Crippen LogP contribution in [0.3, 0.4) is 0 Å². The zero-order valence-electron chi connectivity index (χ0n) is 35.3. The molecule has 0 saturated carbocycles. The lowest BCUT2D eigenvalue weighted by Crippen LogP contribution is -2.37. The summed E-state index contributed by atoms with van der Waals surface area (Å²) in [6, 6.07) is 0. The van der Waals surface area contributed by atoms with Crippen molar-refractivity contribution in [2.75, 3.05) is 47.5 Å². The predicted molar refractivity (Wildman–Crippen MR) is 220 cm³/mol. The second kappa shape index (κ2) is 36.4. The molecule has 0 spiro atoms. The molecule has 10 heteroatoms. The first kappa shape index (κ1) is 51.8. The molecule has 0 amide bonds. The number of unbranched alkanes of at least 4 members (excludes halogenated alkanes) is 24. The van der Waals surface area contributed by atoms with Crippen LogP contribution in [0.15, 0.2) is 12.2 Å². The fraction of sp³-hybridized carbons (Fsp3) is 0.907. The van der Waals surface area contributed by atoms with Gasteiger partial charge in [0, 0.05) is 12.8 Å². The molecule has 1 N–H and O–H groups in total. The average Bonchev–Trinajstić information content (AvgIpc) is 3.10. The number of allylic oxidation sites excluding steroid dienone is 2. The van der Waals surface area contributed by atoms with Gasteiger partial charge in [-0.25, -0.2) is 4.57 Å². The topological polar surface area (TPSA) is 108 Å². The lowest BCUT2D eigenvalue weighted by molar-refractivity contribution is -0.870. The Labute approximate surface area is 326 Å². The van der Waals surface area contributed by atoms with E-state index in [1.807, 2.05) is 21.1 Å². The van der Waals surface area contributed by atoms with Crippen LogP contribution in [0.2, 0.25) is 0 Å². The van der Waals surface area contributed by atoms with Crippen molar-refractivity contribution >= 4 is 19.8 Å². The monoisotopic (exact) mass is 775 g/mol. The summed E-state index contributed by atoms with van der Waals surface area (Å²) in [6.07, 6.45) is 36.9. The maximum Gasteiger partial charge on any atom is 0.472 e. The molecular formula is C43H85NO8P+. The maximum absolute atomic E-state index is 12.7. The number of esters is 2. The van der Waals surface area contributed by atoms with Crippen molar-refractivity contribution in [3.63, 3.8) is 0 Å². The molecule has 0 bridgehead atoms. The van der Waals surface area contributed by atoms with E-state index >= 15 is 0 Å². The summed E-state index contributed by atoms with van der Waals surface area (Å²) in [5, 5.41) is 0. The van der Waals surface area contributed by atoms with Crippen LogP contribution in [-0.4, -0.2) is 74.9 Å². The highest BCUT2D eigenvalue weighted by atomic mass is 31.2. The van der Waals surface area contributed by atoms with Crippen LogP contribution in [0, 0.1) is 0 Å². The van der Waals surface area contributed by atoms with Crippen LogP contribution in [-0.2, 0) is 32.7 Å². The first-order valence-corrected chi connectivity index (χ1v) is 23.4. The van der Waals surface area contributed by atoms with Gasteiger partial charge >= 0.3 is 19.8 Å². The number of hydrogen-bond donors (Lipinski definition) is 1. The Morgan fingerprint density at radius 1 is 0.566 bits per heavy atom. The number of nitrogens with zero attached hydrogens (tertiary/aromatic N) is 1. The molecule has 2 atom stereocenters. The van der Waals surface area contributed by atoms with Crippen molar-refractivity contribution in [1.29, 1.82) is 0 Å². The van der Waals surface area contributed by atoms with Gasteiger partial charge in [0.1, 0.15) is 19.8 Å². The number of quaternary nitrogens is 1. The Morgan fingerprint density at radius 3 is 1.40 bits per heavy atom. The molecule has 0 radical (unpaired) electrons. The van der Waals surface area contributed by atoms with Crippen molar-refractivity contribution in [1.82, 2.24) is 0 Å². The summed E-state index contributed by atoms with van der Waals surface area (Å²) < 4.78 is 34.2. The molecule has 53 heavy (non-hydrogen) atoms. The van der Waals surface area contributed by atoms with Crippen LogP contribution >= 0.6 is 7.82 Å². The van der Waals surface area contributed by atoms with E-state index in [0.717, 1.165) is 32.1 Å². The van der Waals surface area contributed by atoms with E-state index in [9.17, 15) is 19.0 Å². The molecular weight excluding hydrogens is 689 g/mol. The lowest BCUT2D eigenvalue weighted by Gasteiger charge is -2.24. The van der Waals surface area contributed by atoms with E-state index in [1.165, 1.54) is 135 Å². The van der Waals surface area contributed by atoms with Gasteiger partial charge in [0.25, 0.3) is 0 Å². The van der Waals surface area contributed by atoms with Crippen LogP contribution in [0.25, 0.3) is 0 Å². The predicted octanol–water partition coefficient (Wildman–Crippen LogP) is 12.2. The number of rotatable bonds is 40. The summed E-state index contributed by atoms with van der Waals surface area (Å²) in [4.78, 5) is 35.3. The molecule has 0 saturated heterocycles. The van der Waals surface area contributed by atoms with Gasteiger partial charge in [-0.05, 0) is 38.5 Å². The Balaban J connectivity index is 4.29. The second-order valence-corrected chi connectivity index (χ2v) is 17.5. The molecule has 0 heterocycles. The van der Waals surface area contributed by atoms with Crippen LogP contribution < -0.4 is 0 Å². The summed E-state index contributed by atoms with van der Waals surface area (Å²) in [5.41, 5.74) is 0. The molecule has 0 rings (SSSR count). The van der Waals surface area contributed by atoms with E-state index in [1.54, 1.807) is 0 Å². The Kier molecular flexibility index (Phi) is 35.5. The number of ether oxygens (including phenoxy) is 2. The zero-order valence-corrected chi connectivity index (χ0v) is 36.2. The van der Waals surface area contributed by atoms with Gasteiger partial charge < -0.3 is 18.9 Å². The normalized spacial score (nSPS) is 13.7. The molecule has 0 aromatic rings. The molecule has 1 unspecified atom stereocenters. The molecule has 314 valence electrons. The van der Waals surface area contributed by atoms with Gasteiger partial charge in [-0.1, -0.05) is 161 Å². The molecule has 0 aromatic heterocycles. The summed E-state index contributed by atoms with van der Waals surface area (Å²) in [5.74, 6) is -0.795. The second-order valence-electron chi connectivity index (χ2n) is 16.1. The van der Waals surface area contributed by atoms with Crippen molar-refractivity contribution < 1.29 is 42.1 Å². The Morgan fingerprint density at radius 2 is 0.962 bits per heavy atom. The fourth-order valence-corrected chi connectivity index (χ4v) is 6.81. The highest BCUT2D eigenvalue weighted by Crippen LogP contribution is 2.43. The standard InChI is InChI=1S/C43H84NO8P/c1-6-8-10-12-14-16-18-19-20-21-22-23-24-25-26-28-30-32-34-36-43(46)52-41(40-51-53(47,48)50-38-37-44(3,4)5)39-49-42(45)35-33-31-29-27-17-15-13-11-9-7-2/h19-20,41H,6-18,21-40H2,1-5H3/p+1/b20-19+/t41-/m1/s1. The van der Waals surface area contributed by atoms with Crippen molar-refractivity contribution in [3.8, 4) is 0 Å². The van der Waals surface area contributed by atoms with Gasteiger partial charge in [-0.15, -0.1) is 0 Å². The summed E-state index contributed by atoms with van der Waals surface area (Å²) in [6.45, 7) is 4.42. The molecule has 0 aliphatic heterocycles. The number of likely N-dealkylation sites (N-methyl/N-ethyl adjacent to an activating group) is 1. The number of hydrogen-bond acceptors (Lipinski definition) is 7. The quantitative estimate of drug-likeness (QED) is 0.0215. The first-order chi connectivity index (χ1) is 25.5. The number of phosphoric ester groups is 1. The largest absolute Gasteiger partial charge is 0.472 e. The van der Waals surface area contributed by atoms with Gasteiger partial charge in [-0.2, -0.15) is 0 Å². The third-order valence-electron chi connectivity index (χ3n) is 9.55. The highest BCUT2D eigenvalue weighted by Gasteiger charge is 2.27. The van der Waals surface area contributed by atoms with Crippen molar-refractivity contribution in [2.24, 2.45) is 0 Å². The van der Waals surface area contributed by atoms with E-state index in [0.29, 0.717) is 23.9 Å². The SMILES string of the molecule is CCCCCCCC/C=C/CCCCCCCCCCCC(=O)O[C@H](COC(=O)CCCCCCCCCCCC)COP(=O)(O)OCC[N+](C)(C)C. The van der Waals surface area contributed by atoms with Gasteiger partial charge in [0.05, 0.1) is 27.7 Å². The van der Waals surface area contributed by atoms with Crippen molar-refractivity contribution in [2.45, 2.75) is 206 Å². The van der Waals surface area contributed by atoms with Gasteiger partial charge in [-0.3, -0.25) is 18.6 Å². The van der Waals surface area contributed by atoms with E-state index in [-0.39, 0.29) is 25.6 Å². The van der Waals surface area contributed by atoms with Crippen molar-refractivity contribution in [3.05, 3.63) is 12.2 Å². The third kappa shape index (κ3) is 40.2. The van der Waals surface area contributed by atoms with E-state index < -0.39 is 26.5 Å². The first-order valence-electron chi connectivity index (χ1n) is 21.9. The number of carbonyl (C=O) groups is 2. The minimum atomic E-state index is -4.37. The lowest BCUT2D eigenvalue weighted by atomic mass is 10.1. The molecule has 9 nitrogen and oxygen atoms in total. The Bertz CT molecular complexity index is 922. The molecule has 0 aromatic carbocycles. The van der Waals surface area contributed by atoms with Crippen LogP contribution in [0.5, 0.6) is 0 Å². The average molecular weight is 775 g/mol. The molecule has 0 fully saturated rings. The number of carbonyl (C=O) groups excluding carboxylic acids is 2.